The molecule has 0 unspecified atom stereocenters. The molecule has 11 heteroatoms. The first-order valence-corrected chi connectivity index (χ1v) is 12.9. The summed E-state index contributed by atoms with van der Waals surface area (Å²) in [6.45, 7) is 2.15. The van der Waals surface area contributed by atoms with Gasteiger partial charge in [0.1, 0.15) is 5.69 Å². The summed E-state index contributed by atoms with van der Waals surface area (Å²) in [6, 6.07) is 5.69. The van der Waals surface area contributed by atoms with E-state index in [0.29, 0.717) is 13.0 Å². The van der Waals surface area contributed by atoms with Gasteiger partial charge in [0.25, 0.3) is 15.9 Å². The molecule has 9 nitrogen and oxygen atoms in total. The van der Waals surface area contributed by atoms with Crippen molar-refractivity contribution in [3.8, 4) is 0 Å². The van der Waals surface area contributed by atoms with Crippen LogP contribution in [-0.4, -0.2) is 45.4 Å². The number of nitrogens with zero attached hydrogens (tertiary/aromatic N) is 3. The lowest BCUT2D eigenvalue weighted by Crippen LogP contribution is -2.43. The molecule has 1 aliphatic rings. The van der Waals surface area contributed by atoms with Crippen LogP contribution in [0.25, 0.3) is 0 Å². The molecule has 0 atom stereocenters. The Morgan fingerprint density at radius 3 is 2.41 bits per heavy atom. The Labute approximate surface area is 201 Å². The number of halogens is 1. The second-order valence-corrected chi connectivity index (χ2v) is 11.1. The molecule has 1 aromatic carbocycles. The van der Waals surface area contributed by atoms with Crippen molar-refractivity contribution < 1.29 is 18.0 Å². The van der Waals surface area contributed by atoms with Crippen LogP contribution in [0.2, 0.25) is 0 Å². The maximum Gasteiger partial charge on any atom is 0.340 e. The third-order valence-electron chi connectivity index (χ3n) is 5.24. The van der Waals surface area contributed by atoms with Gasteiger partial charge in [-0.05, 0) is 43.9 Å². The fourth-order valence-electron chi connectivity index (χ4n) is 3.42. The summed E-state index contributed by atoms with van der Waals surface area (Å²) in [6.07, 6.45) is 8.44. The molecule has 0 aliphatic heterocycles. The van der Waals surface area contributed by atoms with Crippen molar-refractivity contribution in [1.29, 1.82) is 0 Å². The van der Waals surface area contributed by atoms with Crippen molar-refractivity contribution in [2.24, 2.45) is 0 Å². The lowest BCUT2D eigenvalue weighted by molar-refractivity contribution is 0.0948. The monoisotopic (exact) mass is 571 g/mol. The summed E-state index contributed by atoms with van der Waals surface area (Å²) >= 11 is 1.53. The van der Waals surface area contributed by atoms with Crippen LogP contribution in [0, 0.1) is 6.92 Å². The molecule has 0 radical (unpaired) electrons. The molecular weight excluding hydrogens is 545 g/mol. The Kier molecular flexibility index (Phi) is 8.40. The quantitative estimate of drug-likeness (QED) is 0.389. The zero-order valence-electron chi connectivity index (χ0n) is 17.8. The summed E-state index contributed by atoms with van der Waals surface area (Å²) in [5, 5.41) is 5.57. The predicted octanol–water partition coefficient (Wildman–Crippen LogP) is 3.14. The predicted molar refractivity (Wildman–Crippen MR) is 128 cm³/mol. The molecule has 2 aromatic rings. The molecular formula is C21H26IN5O4S. The standard InChI is InChI=1S/C21H26IN5O4S/c1-15-13-25-19(14-24-15)20(28)23-12-11-16-7-9-18(10-8-16)32(30,31)27(22)21(29)26-17-5-3-2-4-6-17/h7-10,13-14,17H,2-6,11-12H2,1H3,(H,23,28)(H,26,29). The number of amides is 3. The van der Waals surface area contributed by atoms with Gasteiger partial charge in [-0.2, -0.15) is 2.52 Å². The van der Waals surface area contributed by atoms with Crippen molar-refractivity contribution in [3.63, 3.8) is 0 Å². The van der Waals surface area contributed by atoms with Gasteiger partial charge in [-0.3, -0.25) is 9.78 Å². The molecule has 32 heavy (non-hydrogen) atoms. The maximum atomic E-state index is 12.8. The highest BCUT2D eigenvalue weighted by atomic mass is 127. The Hall–Kier alpha value is -2.28. The van der Waals surface area contributed by atoms with E-state index in [0.717, 1.165) is 45.9 Å². The summed E-state index contributed by atoms with van der Waals surface area (Å²) in [7, 11) is -3.96. The van der Waals surface area contributed by atoms with E-state index in [2.05, 4.69) is 20.6 Å². The first-order chi connectivity index (χ1) is 15.3. The Morgan fingerprint density at radius 1 is 1.09 bits per heavy atom. The molecule has 172 valence electrons. The molecule has 3 rings (SSSR count). The number of nitrogens with one attached hydrogen (secondary N) is 2. The van der Waals surface area contributed by atoms with Crippen LogP contribution >= 0.6 is 22.9 Å². The third kappa shape index (κ3) is 6.37. The summed E-state index contributed by atoms with van der Waals surface area (Å²) in [5.74, 6) is -0.318. The van der Waals surface area contributed by atoms with Gasteiger partial charge >= 0.3 is 6.03 Å². The highest BCUT2D eigenvalue weighted by Gasteiger charge is 2.29. The van der Waals surface area contributed by atoms with E-state index in [1.807, 2.05) is 0 Å². The fourth-order valence-corrected chi connectivity index (χ4v) is 5.18. The number of carbonyl (C=O) groups excluding carboxylic acids is 2. The minimum atomic E-state index is -3.96. The second-order valence-electron chi connectivity index (χ2n) is 7.70. The molecule has 3 amide bonds. The van der Waals surface area contributed by atoms with Crippen molar-refractivity contribution in [3.05, 3.63) is 53.6 Å². The van der Waals surface area contributed by atoms with Gasteiger partial charge in [0.05, 0.1) is 39.7 Å². The van der Waals surface area contributed by atoms with Gasteiger partial charge in [-0.25, -0.2) is 18.2 Å². The van der Waals surface area contributed by atoms with E-state index in [9.17, 15) is 18.0 Å². The number of carbonyl (C=O) groups is 2. The number of aryl methyl sites for hydroxylation is 1. The molecule has 1 heterocycles. The van der Waals surface area contributed by atoms with E-state index < -0.39 is 16.1 Å². The normalized spacial score (nSPS) is 14.6. The minimum absolute atomic E-state index is 0.0205. The summed E-state index contributed by atoms with van der Waals surface area (Å²) in [4.78, 5) is 32.6. The lowest BCUT2D eigenvalue weighted by atomic mass is 9.96. The Balaban J connectivity index is 1.53. The molecule has 0 saturated heterocycles. The summed E-state index contributed by atoms with van der Waals surface area (Å²) in [5.41, 5.74) is 1.82. The number of benzene rings is 1. The Bertz CT molecular complexity index is 1040. The van der Waals surface area contributed by atoms with Crippen LogP contribution in [-0.2, 0) is 16.4 Å². The van der Waals surface area contributed by atoms with Crippen LogP contribution in [0.1, 0.15) is 53.8 Å². The van der Waals surface area contributed by atoms with E-state index >= 15 is 0 Å². The topological polar surface area (TPSA) is 121 Å². The number of hydrogen-bond donors (Lipinski definition) is 2. The highest BCUT2D eigenvalue weighted by Crippen LogP contribution is 2.22. The van der Waals surface area contributed by atoms with Crippen LogP contribution < -0.4 is 10.6 Å². The number of sulfonamides is 1. The van der Waals surface area contributed by atoms with Crippen molar-refractivity contribution in [2.75, 3.05) is 6.54 Å². The number of hydrogen-bond acceptors (Lipinski definition) is 6. The summed E-state index contributed by atoms with van der Waals surface area (Å²) < 4.78 is 26.3. The third-order valence-corrected chi connectivity index (χ3v) is 8.69. The van der Waals surface area contributed by atoms with E-state index in [1.165, 1.54) is 47.4 Å². The molecule has 1 aliphatic carbocycles. The van der Waals surface area contributed by atoms with E-state index in [-0.39, 0.29) is 22.5 Å². The molecule has 1 fully saturated rings. The maximum absolute atomic E-state index is 12.8. The fraction of sp³-hybridized carbons (Fsp3) is 0.429. The van der Waals surface area contributed by atoms with E-state index in [4.69, 9.17) is 0 Å². The van der Waals surface area contributed by atoms with Crippen LogP contribution in [0.4, 0.5) is 4.79 Å². The van der Waals surface area contributed by atoms with Crippen molar-refractivity contribution >= 4 is 44.8 Å². The zero-order chi connectivity index (χ0) is 23.1. The van der Waals surface area contributed by atoms with Gasteiger partial charge in [-0.1, -0.05) is 31.4 Å². The SMILES string of the molecule is Cc1cnc(C(=O)NCCc2ccc(S(=O)(=O)N(I)C(=O)NC3CCCCC3)cc2)cn1. The minimum Gasteiger partial charge on any atom is -0.350 e. The average molecular weight is 571 g/mol. The van der Waals surface area contributed by atoms with Gasteiger partial charge in [0.2, 0.25) is 0 Å². The van der Waals surface area contributed by atoms with Gasteiger partial charge < -0.3 is 10.6 Å². The number of urea groups is 1. The molecule has 2 N–H and O–H groups in total. The van der Waals surface area contributed by atoms with Gasteiger partial charge in [0, 0.05) is 18.8 Å². The van der Waals surface area contributed by atoms with E-state index in [1.54, 1.807) is 19.1 Å². The van der Waals surface area contributed by atoms with Gasteiger partial charge in [-0.15, -0.1) is 0 Å². The number of aromatic nitrogens is 2. The lowest BCUT2D eigenvalue weighted by Gasteiger charge is -2.25. The first kappa shape index (κ1) is 24.4. The Morgan fingerprint density at radius 2 is 1.78 bits per heavy atom. The second kappa shape index (κ2) is 11.0. The first-order valence-electron chi connectivity index (χ1n) is 10.4. The van der Waals surface area contributed by atoms with Gasteiger partial charge in [0.15, 0.2) is 0 Å². The number of rotatable bonds is 7. The molecule has 1 aromatic heterocycles. The van der Waals surface area contributed by atoms with Crippen molar-refractivity contribution in [2.45, 2.75) is 56.4 Å². The molecule has 0 bridgehead atoms. The largest absolute Gasteiger partial charge is 0.350 e. The highest BCUT2D eigenvalue weighted by molar-refractivity contribution is 14.1. The molecule has 1 saturated carbocycles. The zero-order valence-corrected chi connectivity index (χ0v) is 20.7. The van der Waals surface area contributed by atoms with Crippen LogP contribution in [0.3, 0.4) is 0 Å². The van der Waals surface area contributed by atoms with Crippen molar-refractivity contribution in [1.82, 2.24) is 23.1 Å². The molecule has 0 spiro atoms. The van der Waals surface area contributed by atoms with Crippen LogP contribution in [0.5, 0.6) is 0 Å². The smallest absolute Gasteiger partial charge is 0.340 e. The van der Waals surface area contributed by atoms with Crippen LogP contribution in [0.15, 0.2) is 41.6 Å². The average Bonchev–Trinajstić information content (AvgIpc) is 2.80.